The van der Waals surface area contributed by atoms with E-state index >= 15 is 0 Å². The van der Waals surface area contributed by atoms with Crippen molar-refractivity contribution in [3.05, 3.63) is 41.7 Å². The molecule has 0 spiro atoms. The second-order valence-corrected chi connectivity index (χ2v) is 5.41. The lowest BCUT2D eigenvalue weighted by Crippen LogP contribution is -2.16. The van der Waals surface area contributed by atoms with E-state index < -0.39 is 0 Å². The van der Waals surface area contributed by atoms with Crippen molar-refractivity contribution in [3.63, 3.8) is 0 Å². The molecule has 2 aromatic rings. The van der Waals surface area contributed by atoms with Crippen molar-refractivity contribution in [1.29, 1.82) is 0 Å². The number of amides is 1. The molecule has 2 rings (SSSR count). The number of anilines is 2. The molecule has 0 aliphatic carbocycles. The summed E-state index contributed by atoms with van der Waals surface area (Å²) in [7, 11) is 3.99. The predicted octanol–water partition coefficient (Wildman–Crippen LogP) is 2.59. The molecule has 0 aliphatic heterocycles. The number of carbonyl (C=O) groups is 1. The molecule has 0 saturated heterocycles. The van der Waals surface area contributed by atoms with Gasteiger partial charge < -0.3 is 10.2 Å². The summed E-state index contributed by atoms with van der Waals surface area (Å²) in [5.74, 6) is -0.00304. The highest BCUT2D eigenvalue weighted by Gasteiger charge is 2.06. The van der Waals surface area contributed by atoms with Crippen molar-refractivity contribution in [2.75, 3.05) is 24.3 Å². The molecule has 1 N–H and O–H groups in total. The highest BCUT2D eigenvalue weighted by Crippen LogP contribution is 2.22. The van der Waals surface area contributed by atoms with Crippen LogP contribution >= 0.6 is 0 Å². The Balaban J connectivity index is 1.95. The summed E-state index contributed by atoms with van der Waals surface area (Å²) >= 11 is 0. The van der Waals surface area contributed by atoms with E-state index in [2.05, 4.69) is 17.3 Å². The molecule has 112 valence electrons. The maximum Gasteiger partial charge on any atom is 0.226 e. The van der Waals surface area contributed by atoms with E-state index in [1.165, 1.54) is 5.56 Å². The third-order valence-corrected chi connectivity index (χ3v) is 3.32. The average Bonchev–Trinajstić information content (AvgIpc) is 2.84. The van der Waals surface area contributed by atoms with E-state index in [1.807, 2.05) is 56.4 Å². The first-order chi connectivity index (χ1) is 9.95. The van der Waals surface area contributed by atoms with Crippen LogP contribution in [-0.4, -0.2) is 29.8 Å². The van der Waals surface area contributed by atoms with E-state index in [1.54, 1.807) is 4.68 Å². The van der Waals surface area contributed by atoms with Gasteiger partial charge >= 0.3 is 0 Å². The Kier molecular flexibility index (Phi) is 4.62. The first-order valence-electron chi connectivity index (χ1n) is 7.03. The molecular weight excluding hydrogens is 264 g/mol. The monoisotopic (exact) mass is 286 g/mol. The van der Waals surface area contributed by atoms with Gasteiger partial charge in [-0.1, -0.05) is 6.07 Å². The lowest BCUT2D eigenvalue weighted by molar-refractivity contribution is -0.116. The van der Waals surface area contributed by atoms with Crippen LogP contribution in [0, 0.1) is 13.8 Å². The van der Waals surface area contributed by atoms with Crippen molar-refractivity contribution >= 4 is 17.3 Å². The lowest BCUT2D eigenvalue weighted by Gasteiger charge is -2.17. The molecule has 5 heteroatoms. The Labute approximate surface area is 125 Å². The number of nitrogens with one attached hydrogen (secondary N) is 1. The minimum absolute atomic E-state index is 0.00304. The molecule has 0 bridgehead atoms. The Bertz CT molecular complexity index is 631. The third-order valence-electron chi connectivity index (χ3n) is 3.32. The van der Waals surface area contributed by atoms with Crippen molar-refractivity contribution < 1.29 is 4.79 Å². The van der Waals surface area contributed by atoms with Crippen LogP contribution in [0.5, 0.6) is 0 Å². The zero-order chi connectivity index (χ0) is 15.4. The summed E-state index contributed by atoms with van der Waals surface area (Å²) in [4.78, 5) is 14.0. The van der Waals surface area contributed by atoms with Gasteiger partial charge in [-0.15, -0.1) is 0 Å². The number of nitrogens with zero attached hydrogens (tertiary/aromatic N) is 3. The molecule has 1 aromatic heterocycles. The number of carbonyl (C=O) groups excluding carboxylic acids is 1. The average molecular weight is 286 g/mol. The smallest absolute Gasteiger partial charge is 0.226 e. The first-order valence-corrected chi connectivity index (χ1v) is 7.03. The van der Waals surface area contributed by atoms with E-state index in [4.69, 9.17) is 0 Å². The molecule has 0 radical (unpaired) electrons. The Hall–Kier alpha value is -2.30. The minimum atomic E-state index is -0.00304. The van der Waals surface area contributed by atoms with Crippen LogP contribution in [-0.2, 0) is 11.3 Å². The second-order valence-electron chi connectivity index (χ2n) is 5.41. The number of aryl methyl sites for hydroxylation is 3. The Morgan fingerprint density at radius 3 is 2.67 bits per heavy atom. The van der Waals surface area contributed by atoms with Gasteiger partial charge in [-0.2, -0.15) is 5.10 Å². The molecule has 0 saturated carbocycles. The third kappa shape index (κ3) is 4.08. The van der Waals surface area contributed by atoms with Crippen LogP contribution in [0.25, 0.3) is 0 Å². The predicted molar refractivity (Wildman–Crippen MR) is 85.7 cm³/mol. The first kappa shape index (κ1) is 15.1. The van der Waals surface area contributed by atoms with Crippen LogP contribution in [0.4, 0.5) is 11.4 Å². The highest BCUT2D eigenvalue weighted by atomic mass is 16.1. The van der Waals surface area contributed by atoms with E-state index in [9.17, 15) is 4.79 Å². The summed E-state index contributed by atoms with van der Waals surface area (Å²) in [6.45, 7) is 4.58. The standard InChI is InChI=1S/C16H22N4O/c1-12-5-6-14(11-15(12)19(3)4)17-16(21)8-10-20-9-7-13(2)18-20/h5-7,9,11H,8,10H2,1-4H3,(H,17,21). The molecule has 1 amide bonds. The normalized spacial score (nSPS) is 10.5. The summed E-state index contributed by atoms with van der Waals surface area (Å²) < 4.78 is 1.79. The number of rotatable bonds is 5. The molecule has 0 aliphatic rings. The summed E-state index contributed by atoms with van der Waals surface area (Å²) in [5.41, 5.74) is 4.08. The summed E-state index contributed by atoms with van der Waals surface area (Å²) in [6.07, 6.45) is 2.30. The fourth-order valence-corrected chi connectivity index (χ4v) is 2.20. The van der Waals surface area contributed by atoms with Gasteiger partial charge in [0.25, 0.3) is 0 Å². The maximum atomic E-state index is 12.0. The van der Waals surface area contributed by atoms with Gasteiger partial charge in [-0.25, -0.2) is 0 Å². The van der Waals surface area contributed by atoms with E-state index in [-0.39, 0.29) is 5.91 Å². The molecule has 21 heavy (non-hydrogen) atoms. The molecule has 1 heterocycles. The SMILES string of the molecule is Cc1ccn(CCC(=O)Nc2ccc(C)c(N(C)C)c2)n1. The van der Waals surface area contributed by atoms with Crippen LogP contribution in [0.3, 0.4) is 0 Å². The fraction of sp³-hybridized carbons (Fsp3) is 0.375. The quantitative estimate of drug-likeness (QED) is 0.919. The van der Waals surface area contributed by atoms with Crippen LogP contribution in [0.2, 0.25) is 0 Å². The van der Waals surface area contributed by atoms with Gasteiger partial charge in [0.1, 0.15) is 0 Å². The fourth-order valence-electron chi connectivity index (χ4n) is 2.20. The van der Waals surface area contributed by atoms with E-state index in [0.717, 1.165) is 17.1 Å². The molecular formula is C16H22N4O. The van der Waals surface area contributed by atoms with Gasteiger partial charge in [0.2, 0.25) is 5.91 Å². The minimum Gasteiger partial charge on any atom is -0.377 e. The van der Waals surface area contributed by atoms with Gasteiger partial charge in [-0.05, 0) is 37.6 Å². The molecule has 0 fully saturated rings. The van der Waals surface area contributed by atoms with Crippen LogP contribution < -0.4 is 10.2 Å². The zero-order valence-electron chi connectivity index (χ0n) is 13.1. The molecule has 1 aromatic carbocycles. The highest BCUT2D eigenvalue weighted by molar-refractivity contribution is 5.91. The molecule has 0 atom stereocenters. The number of hydrogen-bond donors (Lipinski definition) is 1. The lowest BCUT2D eigenvalue weighted by atomic mass is 10.1. The number of hydrogen-bond acceptors (Lipinski definition) is 3. The van der Waals surface area contributed by atoms with Gasteiger partial charge in [0, 0.05) is 44.6 Å². The Morgan fingerprint density at radius 1 is 1.29 bits per heavy atom. The topological polar surface area (TPSA) is 50.2 Å². The Morgan fingerprint density at radius 2 is 2.05 bits per heavy atom. The van der Waals surface area contributed by atoms with E-state index in [0.29, 0.717) is 13.0 Å². The number of aromatic nitrogens is 2. The summed E-state index contributed by atoms with van der Waals surface area (Å²) in [5, 5.41) is 7.20. The van der Waals surface area contributed by atoms with Crippen molar-refractivity contribution in [3.8, 4) is 0 Å². The van der Waals surface area contributed by atoms with Crippen molar-refractivity contribution in [2.24, 2.45) is 0 Å². The zero-order valence-corrected chi connectivity index (χ0v) is 13.1. The molecule has 0 unspecified atom stereocenters. The maximum absolute atomic E-state index is 12.0. The summed E-state index contributed by atoms with van der Waals surface area (Å²) in [6, 6.07) is 7.87. The van der Waals surface area contributed by atoms with Crippen molar-refractivity contribution in [1.82, 2.24) is 9.78 Å². The second kappa shape index (κ2) is 6.43. The largest absolute Gasteiger partial charge is 0.377 e. The number of benzene rings is 1. The van der Waals surface area contributed by atoms with Crippen molar-refractivity contribution in [2.45, 2.75) is 26.8 Å². The van der Waals surface area contributed by atoms with Gasteiger partial charge in [0.05, 0.1) is 5.69 Å². The molecule has 5 nitrogen and oxygen atoms in total. The van der Waals surface area contributed by atoms with Gasteiger partial charge in [-0.3, -0.25) is 9.48 Å². The van der Waals surface area contributed by atoms with Crippen LogP contribution in [0.15, 0.2) is 30.5 Å². The van der Waals surface area contributed by atoms with Gasteiger partial charge in [0.15, 0.2) is 0 Å². The van der Waals surface area contributed by atoms with Crippen LogP contribution in [0.1, 0.15) is 17.7 Å².